The van der Waals surface area contributed by atoms with Gasteiger partial charge in [-0.05, 0) is 39.2 Å². The summed E-state index contributed by atoms with van der Waals surface area (Å²) in [4.78, 5) is 40.0. The quantitative estimate of drug-likeness (QED) is 0.433. The van der Waals surface area contributed by atoms with E-state index in [2.05, 4.69) is 24.5 Å². The van der Waals surface area contributed by atoms with Crippen molar-refractivity contribution >= 4 is 17.9 Å². The van der Waals surface area contributed by atoms with E-state index in [1.807, 2.05) is 30.3 Å². The van der Waals surface area contributed by atoms with Crippen molar-refractivity contribution in [1.82, 2.24) is 15.5 Å². The number of rotatable bonds is 13. The van der Waals surface area contributed by atoms with Gasteiger partial charge in [-0.2, -0.15) is 0 Å². The summed E-state index contributed by atoms with van der Waals surface area (Å²) >= 11 is 0. The average Bonchev–Trinajstić information content (AvgIpc) is 2.74. The Morgan fingerprint density at radius 3 is 2.16 bits per heavy atom. The molecule has 0 fully saturated rings. The van der Waals surface area contributed by atoms with Crippen molar-refractivity contribution < 1.29 is 19.1 Å². The van der Waals surface area contributed by atoms with Gasteiger partial charge >= 0.3 is 6.09 Å². The van der Waals surface area contributed by atoms with Crippen LogP contribution in [0.5, 0.6) is 0 Å². The SMILES string of the molecule is CCCCCNC(=O)C(c1ccccc1)N(CCCCC)C(=O)CNC(=O)OC(C)(C)C. The molecule has 180 valence electrons. The molecule has 2 N–H and O–H groups in total. The summed E-state index contributed by atoms with van der Waals surface area (Å²) in [6, 6.07) is 8.57. The number of amides is 3. The number of carbonyl (C=O) groups excluding carboxylic acids is 3. The van der Waals surface area contributed by atoms with Crippen molar-refractivity contribution in [3.05, 3.63) is 35.9 Å². The molecule has 0 saturated carbocycles. The first-order chi connectivity index (χ1) is 15.2. The Bertz CT molecular complexity index is 701. The summed E-state index contributed by atoms with van der Waals surface area (Å²) in [6.45, 7) is 10.3. The minimum Gasteiger partial charge on any atom is -0.444 e. The van der Waals surface area contributed by atoms with Gasteiger partial charge in [0.05, 0.1) is 0 Å². The molecule has 1 aromatic rings. The fourth-order valence-corrected chi connectivity index (χ4v) is 3.28. The molecule has 1 atom stereocenters. The largest absolute Gasteiger partial charge is 0.444 e. The van der Waals surface area contributed by atoms with Gasteiger partial charge in [0.1, 0.15) is 18.2 Å². The molecule has 7 nitrogen and oxygen atoms in total. The summed E-state index contributed by atoms with van der Waals surface area (Å²) in [5, 5.41) is 5.52. The molecule has 0 aliphatic heterocycles. The number of carbonyl (C=O) groups is 3. The van der Waals surface area contributed by atoms with E-state index in [1.54, 1.807) is 25.7 Å². The van der Waals surface area contributed by atoms with Crippen LogP contribution in [0.15, 0.2) is 30.3 Å². The number of nitrogens with one attached hydrogen (secondary N) is 2. The summed E-state index contributed by atoms with van der Waals surface area (Å²) < 4.78 is 5.23. The smallest absolute Gasteiger partial charge is 0.408 e. The molecule has 0 heterocycles. The number of alkyl carbamates (subject to hydrolysis) is 1. The van der Waals surface area contributed by atoms with Gasteiger partial charge < -0.3 is 20.3 Å². The minimum absolute atomic E-state index is 0.200. The number of unbranched alkanes of at least 4 members (excludes halogenated alkanes) is 4. The van der Waals surface area contributed by atoms with Crippen LogP contribution in [0.4, 0.5) is 4.79 Å². The first-order valence-corrected chi connectivity index (χ1v) is 11.8. The zero-order valence-corrected chi connectivity index (χ0v) is 20.4. The van der Waals surface area contributed by atoms with Crippen molar-refractivity contribution in [3.8, 4) is 0 Å². The van der Waals surface area contributed by atoms with Crippen LogP contribution in [-0.4, -0.2) is 48.0 Å². The molecule has 0 aromatic heterocycles. The molecule has 0 radical (unpaired) electrons. The Hall–Kier alpha value is -2.57. The maximum Gasteiger partial charge on any atom is 0.408 e. The molecule has 0 aliphatic carbocycles. The van der Waals surface area contributed by atoms with E-state index in [0.29, 0.717) is 13.1 Å². The van der Waals surface area contributed by atoms with E-state index in [0.717, 1.165) is 44.1 Å². The van der Waals surface area contributed by atoms with Crippen LogP contribution < -0.4 is 10.6 Å². The molecule has 1 unspecified atom stereocenters. The molecule has 0 aliphatic rings. The fourth-order valence-electron chi connectivity index (χ4n) is 3.28. The second-order valence-electron chi connectivity index (χ2n) is 8.96. The number of benzene rings is 1. The highest BCUT2D eigenvalue weighted by molar-refractivity contribution is 5.90. The lowest BCUT2D eigenvalue weighted by Gasteiger charge is -2.32. The van der Waals surface area contributed by atoms with E-state index >= 15 is 0 Å². The molecule has 3 amide bonds. The van der Waals surface area contributed by atoms with Crippen LogP contribution >= 0.6 is 0 Å². The second-order valence-corrected chi connectivity index (χ2v) is 8.96. The van der Waals surface area contributed by atoms with Crippen molar-refractivity contribution in [3.63, 3.8) is 0 Å². The number of hydrogen-bond donors (Lipinski definition) is 2. The maximum absolute atomic E-state index is 13.2. The number of nitrogens with zero attached hydrogens (tertiary/aromatic N) is 1. The van der Waals surface area contributed by atoms with Gasteiger partial charge in [-0.25, -0.2) is 4.79 Å². The molecular formula is C25H41N3O4. The summed E-state index contributed by atoms with van der Waals surface area (Å²) in [5.41, 5.74) is 0.0985. The first-order valence-electron chi connectivity index (χ1n) is 11.8. The molecule has 0 bridgehead atoms. The predicted octanol–water partition coefficient (Wildman–Crippen LogP) is 4.58. The predicted molar refractivity (Wildman–Crippen MR) is 127 cm³/mol. The van der Waals surface area contributed by atoms with Crippen molar-refractivity contribution in [2.45, 2.75) is 84.8 Å². The molecule has 0 spiro atoms. The van der Waals surface area contributed by atoms with Crippen LogP contribution in [0.25, 0.3) is 0 Å². The van der Waals surface area contributed by atoms with E-state index in [9.17, 15) is 14.4 Å². The highest BCUT2D eigenvalue weighted by Gasteiger charge is 2.31. The zero-order valence-electron chi connectivity index (χ0n) is 20.4. The zero-order chi connectivity index (χ0) is 24.0. The van der Waals surface area contributed by atoms with Crippen LogP contribution in [-0.2, 0) is 14.3 Å². The number of hydrogen-bond acceptors (Lipinski definition) is 4. The molecule has 1 aromatic carbocycles. The molecule has 0 saturated heterocycles. The number of ether oxygens (including phenoxy) is 1. The fraction of sp³-hybridized carbons (Fsp3) is 0.640. The Morgan fingerprint density at radius 1 is 0.938 bits per heavy atom. The standard InChI is InChI=1S/C25H41N3O4/c1-6-8-13-17-26-23(30)22(20-15-11-10-12-16-20)28(18-14-9-7-2)21(29)19-27-24(31)32-25(3,4)5/h10-12,15-16,22H,6-9,13-14,17-19H2,1-5H3,(H,26,30)(H,27,31). The highest BCUT2D eigenvalue weighted by atomic mass is 16.6. The normalized spacial score (nSPS) is 12.0. The Kier molecular flexibility index (Phi) is 12.4. The summed E-state index contributed by atoms with van der Waals surface area (Å²) in [5.74, 6) is -0.515. The van der Waals surface area contributed by atoms with Gasteiger partial charge in [0.25, 0.3) is 0 Å². The van der Waals surface area contributed by atoms with Gasteiger partial charge in [-0.15, -0.1) is 0 Å². The van der Waals surface area contributed by atoms with E-state index in [-0.39, 0.29) is 18.4 Å². The van der Waals surface area contributed by atoms with Crippen molar-refractivity contribution in [2.24, 2.45) is 0 Å². The van der Waals surface area contributed by atoms with Gasteiger partial charge in [0.2, 0.25) is 11.8 Å². The van der Waals surface area contributed by atoms with Crippen molar-refractivity contribution in [1.29, 1.82) is 0 Å². The highest BCUT2D eigenvalue weighted by Crippen LogP contribution is 2.22. The van der Waals surface area contributed by atoms with Crippen LogP contribution in [0.3, 0.4) is 0 Å². The van der Waals surface area contributed by atoms with Gasteiger partial charge in [0.15, 0.2) is 0 Å². The second kappa shape index (κ2) is 14.5. The molecule has 32 heavy (non-hydrogen) atoms. The molecular weight excluding hydrogens is 406 g/mol. The van der Waals surface area contributed by atoms with E-state index in [4.69, 9.17) is 4.74 Å². The third-order valence-electron chi connectivity index (χ3n) is 4.86. The van der Waals surface area contributed by atoms with Crippen LogP contribution in [0.1, 0.15) is 84.7 Å². The van der Waals surface area contributed by atoms with E-state index < -0.39 is 17.7 Å². The van der Waals surface area contributed by atoms with Crippen molar-refractivity contribution in [2.75, 3.05) is 19.6 Å². The third-order valence-corrected chi connectivity index (χ3v) is 4.86. The summed E-state index contributed by atoms with van der Waals surface area (Å²) in [7, 11) is 0. The van der Waals surface area contributed by atoms with E-state index in [1.165, 1.54) is 0 Å². The Morgan fingerprint density at radius 2 is 1.56 bits per heavy atom. The minimum atomic E-state index is -0.748. The lowest BCUT2D eigenvalue weighted by atomic mass is 10.0. The van der Waals surface area contributed by atoms with Gasteiger partial charge in [0, 0.05) is 13.1 Å². The van der Waals surface area contributed by atoms with Gasteiger partial charge in [-0.1, -0.05) is 69.9 Å². The molecule has 7 heteroatoms. The van der Waals surface area contributed by atoms with Crippen LogP contribution in [0.2, 0.25) is 0 Å². The lowest BCUT2D eigenvalue weighted by Crippen LogP contribution is -2.48. The monoisotopic (exact) mass is 447 g/mol. The Labute approximate surface area is 193 Å². The Balaban J connectivity index is 3.03. The topological polar surface area (TPSA) is 87.7 Å². The molecule has 1 rings (SSSR count). The lowest BCUT2D eigenvalue weighted by molar-refractivity contribution is -0.140. The maximum atomic E-state index is 13.2. The third kappa shape index (κ3) is 10.6. The average molecular weight is 448 g/mol. The summed E-state index contributed by atoms with van der Waals surface area (Å²) in [6.07, 6.45) is 5.07. The van der Waals surface area contributed by atoms with Gasteiger partial charge in [-0.3, -0.25) is 9.59 Å². The first kappa shape index (κ1) is 27.5. The van der Waals surface area contributed by atoms with Crippen LogP contribution in [0, 0.1) is 0 Å².